The molecule has 2 rings (SSSR count). The number of ether oxygens (including phenoxy) is 1. The van der Waals surface area contributed by atoms with E-state index in [1.165, 1.54) is 12.7 Å². The number of rotatable bonds is 1. The first-order valence-electron chi connectivity index (χ1n) is 4.53. The quantitative estimate of drug-likeness (QED) is 0.630. The zero-order chi connectivity index (χ0) is 9.97. The number of aryl methyl sites for hydroxylation is 1. The Hall–Kier alpha value is -1.64. The Kier molecular flexibility index (Phi) is 2.31. The highest BCUT2D eigenvalue weighted by Gasteiger charge is 2.15. The van der Waals surface area contributed by atoms with Crippen LogP contribution in [-0.2, 0) is 16.0 Å². The molecule has 1 aliphatic carbocycles. The van der Waals surface area contributed by atoms with Crippen molar-refractivity contribution in [1.29, 1.82) is 0 Å². The molecule has 0 fully saturated rings. The first kappa shape index (κ1) is 8.94. The summed E-state index contributed by atoms with van der Waals surface area (Å²) in [4.78, 5) is 15.3. The molecule has 0 unspecified atom stereocenters. The van der Waals surface area contributed by atoms with Crippen LogP contribution in [0.1, 0.15) is 17.5 Å². The Morgan fingerprint density at radius 1 is 1.50 bits per heavy atom. The number of pyridine rings is 1. The van der Waals surface area contributed by atoms with Crippen molar-refractivity contribution >= 4 is 12.0 Å². The van der Waals surface area contributed by atoms with Gasteiger partial charge in [0, 0.05) is 18.0 Å². The summed E-state index contributed by atoms with van der Waals surface area (Å²) in [5, 5.41) is 0. The molecule has 3 nitrogen and oxygen atoms in total. The molecule has 0 radical (unpaired) electrons. The molecule has 0 saturated carbocycles. The lowest BCUT2D eigenvalue weighted by atomic mass is 9.94. The van der Waals surface area contributed by atoms with Crippen molar-refractivity contribution in [3.63, 3.8) is 0 Å². The fourth-order valence-corrected chi connectivity index (χ4v) is 1.61. The first-order valence-corrected chi connectivity index (χ1v) is 4.53. The molecule has 14 heavy (non-hydrogen) atoms. The average Bonchev–Trinajstić information content (AvgIpc) is 2.27. The summed E-state index contributed by atoms with van der Waals surface area (Å²) in [5.74, 6) is -0.229. The second-order valence-electron chi connectivity index (χ2n) is 3.24. The number of hydrogen-bond acceptors (Lipinski definition) is 3. The van der Waals surface area contributed by atoms with E-state index >= 15 is 0 Å². The molecule has 0 amide bonds. The van der Waals surface area contributed by atoms with E-state index in [2.05, 4.69) is 9.72 Å². The fourth-order valence-electron chi connectivity index (χ4n) is 1.61. The molecule has 0 saturated heterocycles. The Morgan fingerprint density at radius 2 is 2.36 bits per heavy atom. The molecule has 1 heterocycles. The SMILES string of the molecule is COC(=O)C1=Cc2ccncc2CC1. The molecule has 1 aromatic heterocycles. The van der Waals surface area contributed by atoms with Crippen molar-refractivity contribution in [3.05, 3.63) is 35.2 Å². The number of methoxy groups -OCH3 is 1. The minimum Gasteiger partial charge on any atom is -0.466 e. The molecule has 0 aliphatic heterocycles. The molecule has 0 atom stereocenters. The van der Waals surface area contributed by atoms with Crippen LogP contribution in [-0.4, -0.2) is 18.1 Å². The summed E-state index contributed by atoms with van der Waals surface area (Å²) in [6.07, 6.45) is 7.07. The molecule has 0 spiro atoms. The van der Waals surface area contributed by atoms with E-state index in [9.17, 15) is 4.79 Å². The molecule has 72 valence electrons. The number of carbonyl (C=O) groups is 1. The van der Waals surface area contributed by atoms with Crippen molar-refractivity contribution < 1.29 is 9.53 Å². The van der Waals surface area contributed by atoms with Gasteiger partial charge >= 0.3 is 5.97 Å². The average molecular weight is 189 g/mol. The molecular weight excluding hydrogens is 178 g/mol. The van der Waals surface area contributed by atoms with Crippen molar-refractivity contribution in [3.8, 4) is 0 Å². The minimum absolute atomic E-state index is 0.229. The Balaban J connectivity index is 2.36. The van der Waals surface area contributed by atoms with Gasteiger partial charge in [0.1, 0.15) is 0 Å². The third-order valence-electron chi connectivity index (χ3n) is 2.38. The van der Waals surface area contributed by atoms with Gasteiger partial charge in [-0.2, -0.15) is 0 Å². The fraction of sp³-hybridized carbons (Fsp3) is 0.273. The van der Waals surface area contributed by atoms with Gasteiger partial charge in [-0.25, -0.2) is 4.79 Å². The van der Waals surface area contributed by atoms with Crippen molar-refractivity contribution in [2.75, 3.05) is 7.11 Å². The van der Waals surface area contributed by atoms with Crippen molar-refractivity contribution in [2.45, 2.75) is 12.8 Å². The summed E-state index contributed by atoms with van der Waals surface area (Å²) in [7, 11) is 1.41. The summed E-state index contributed by atoms with van der Waals surface area (Å²) >= 11 is 0. The van der Waals surface area contributed by atoms with E-state index in [1.54, 1.807) is 6.20 Å². The Bertz CT molecular complexity index is 396. The van der Waals surface area contributed by atoms with Gasteiger partial charge in [-0.1, -0.05) is 0 Å². The normalized spacial score (nSPS) is 14.2. The van der Waals surface area contributed by atoms with Crippen LogP contribution >= 0.6 is 0 Å². The van der Waals surface area contributed by atoms with Gasteiger partial charge in [-0.05, 0) is 36.1 Å². The molecule has 0 aromatic carbocycles. The van der Waals surface area contributed by atoms with Gasteiger partial charge in [0.15, 0.2) is 0 Å². The topological polar surface area (TPSA) is 39.2 Å². The number of fused-ring (bicyclic) bond motifs is 1. The largest absolute Gasteiger partial charge is 0.466 e. The molecule has 1 aromatic rings. The lowest BCUT2D eigenvalue weighted by molar-refractivity contribution is -0.136. The first-order chi connectivity index (χ1) is 6.81. The van der Waals surface area contributed by atoms with Crippen LogP contribution in [0.5, 0.6) is 0 Å². The smallest absolute Gasteiger partial charge is 0.333 e. The van der Waals surface area contributed by atoms with E-state index in [0.29, 0.717) is 0 Å². The van der Waals surface area contributed by atoms with E-state index in [0.717, 1.165) is 24.0 Å². The van der Waals surface area contributed by atoms with Crippen LogP contribution in [0, 0.1) is 0 Å². The summed E-state index contributed by atoms with van der Waals surface area (Å²) in [5.41, 5.74) is 3.01. The molecule has 1 aliphatic rings. The highest BCUT2D eigenvalue weighted by atomic mass is 16.5. The predicted octanol–water partition coefficient (Wildman–Crippen LogP) is 1.58. The van der Waals surface area contributed by atoms with Crippen molar-refractivity contribution in [2.24, 2.45) is 0 Å². The maximum atomic E-state index is 11.3. The standard InChI is InChI=1S/C11H11NO2/c1-14-11(13)9-2-3-10-7-12-5-4-8(10)6-9/h4-7H,2-3H2,1H3. The van der Waals surface area contributed by atoms with E-state index in [4.69, 9.17) is 0 Å². The van der Waals surface area contributed by atoms with Crippen LogP contribution in [0.25, 0.3) is 6.08 Å². The third-order valence-corrected chi connectivity index (χ3v) is 2.38. The van der Waals surface area contributed by atoms with Crippen molar-refractivity contribution in [1.82, 2.24) is 4.98 Å². The van der Waals surface area contributed by atoms with E-state index in [-0.39, 0.29) is 5.97 Å². The highest BCUT2D eigenvalue weighted by molar-refractivity contribution is 5.94. The number of hydrogen-bond donors (Lipinski definition) is 0. The summed E-state index contributed by atoms with van der Waals surface area (Å²) < 4.78 is 4.68. The number of nitrogens with zero attached hydrogens (tertiary/aromatic N) is 1. The zero-order valence-electron chi connectivity index (χ0n) is 7.99. The van der Waals surface area contributed by atoms with Crippen LogP contribution in [0.15, 0.2) is 24.0 Å². The number of carbonyl (C=O) groups excluding carboxylic acids is 1. The Morgan fingerprint density at radius 3 is 3.14 bits per heavy atom. The van der Waals surface area contributed by atoms with Crippen LogP contribution in [0.3, 0.4) is 0 Å². The second kappa shape index (κ2) is 3.62. The van der Waals surface area contributed by atoms with Gasteiger partial charge in [0.2, 0.25) is 0 Å². The number of aromatic nitrogens is 1. The third kappa shape index (κ3) is 1.53. The maximum absolute atomic E-state index is 11.3. The zero-order valence-corrected chi connectivity index (χ0v) is 7.99. The van der Waals surface area contributed by atoms with Gasteiger partial charge in [0.25, 0.3) is 0 Å². The lowest BCUT2D eigenvalue weighted by Gasteiger charge is -2.13. The minimum atomic E-state index is -0.229. The Labute approximate surface area is 82.4 Å². The monoisotopic (exact) mass is 189 g/mol. The maximum Gasteiger partial charge on any atom is 0.333 e. The predicted molar refractivity (Wildman–Crippen MR) is 52.6 cm³/mol. The number of esters is 1. The van der Waals surface area contributed by atoms with E-state index in [1.807, 2.05) is 18.3 Å². The lowest BCUT2D eigenvalue weighted by Crippen LogP contribution is -2.09. The van der Waals surface area contributed by atoms with Crippen LogP contribution in [0.2, 0.25) is 0 Å². The van der Waals surface area contributed by atoms with Gasteiger partial charge < -0.3 is 4.74 Å². The highest BCUT2D eigenvalue weighted by Crippen LogP contribution is 2.23. The van der Waals surface area contributed by atoms with E-state index < -0.39 is 0 Å². The van der Waals surface area contributed by atoms with Gasteiger partial charge in [-0.3, -0.25) is 4.98 Å². The summed E-state index contributed by atoms with van der Waals surface area (Å²) in [6.45, 7) is 0. The van der Waals surface area contributed by atoms with Gasteiger partial charge in [-0.15, -0.1) is 0 Å². The molecule has 3 heteroatoms. The van der Waals surface area contributed by atoms with Gasteiger partial charge in [0.05, 0.1) is 7.11 Å². The second-order valence-corrected chi connectivity index (χ2v) is 3.24. The molecular formula is C11H11NO2. The molecule has 0 N–H and O–H groups in total. The van der Waals surface area contributed by atoms with Crippen LogP contribution < -0.4 is 0 Å². The van der Waals surface area contributed by atoms with Crippen LogP contribution in [0.4, 0.5) is 0 Å². The molecule has 0 bridgehead atoms. The summed E-state index contributed by atoms with van der Waals surface area (Å²) in [6, 6.07) is 1.91.